The molecule has 0 bridgehead atoms. The summed E-state index contributed by atoms with van der Waals surface area (Å²) in [7, 11) is 0.932. The van der Waals surface area contributed by atoms with E-state index in [1.807, 2.05) is 54.6 Å². The number of benzene rings is 2. The van der Waals surface area contributed by atoms with Crippen molar-refractivity contribution < 1.29 is 4.21 Å². The van der Waals surface area contributed by atoms with Crippen molar-refractivity contribution in [3.63, 3.8) is 0 Å². The van der Waals surface area contributed by atoms with Crippen molar-refractivity contribution in [3.8, 4) is 11.8 Å². The van der Waals surface area contributed by atoms with Gasteiger partial charge in [0.25, 0.3) is 0 Å². The molecule has 0 saturated carbocycles. The van der Waals surface area contributed by atoms with Crippen LogP contribution in [-0.4, -0.2) is 22.7 Å². The predicted molar refractivity (Wildman–Crippen MR) is 110 cm³/mol. The summed E-state index contributed by atoms with van der Waals surface area (Å²) in [6.07, 6.45) is 3.99. The summed E-state index contributed by atoms with van der Waals surface area (Å²) >= 11 is 0. The van der Waals surface area contributed by atoms with Crippen LogP contribution in [0, 0.1) is 17.3 Å². The maximum Gasteiger partial charge on any atom is 0.0849 e. The highest BCUT2D eigenvalue weighted by Gasteiger charge is 2.08. The molecule has 26 heavy (non-hydrogen) atoms. The van der Waals surface area contributed by atoms with Gasteiger partial charge in [-0.25, -0.2) is 4.21 Å². The molecule has 0 N–H and O–H groups in total. The molecule has 0 heterocycles. The maximum absolute atomic E-state index is 12.7. The van der Waals surface area contributed by atoms with Gasteiger partial charge in [-0.05, 0) is 63.7 Å². The molecule has 136 valence electrons. The van der Waals surface area contributed by atoms with Crippen molar-refractivity contribution in [2.24, 2.45) is 5.41 Å². The van der Waals surface area contributed by atoms with Crippen molar-refractivity contribution in [3.05, 3.63) is 72.3 Å². The third kappa shape index (κ3) is 7.00. The van der Waals surface area contributed by atoms with E-state index in [0.717, 1.165) is 28.4 Å². The first kappa shape index (κ1) is 20.2. The van der Waals surface area contributed by atoms with Crippen molar-refractivity contribution in [2.45, 2.75) is 37.1 Å². The Morgan fingerprint density at radius 3 is 2.42 bits per heavy atom. The fraction of sp³-hybridized carbons (Fsp3) is 0.304. The lowest BCUT2D eigenvalue weighted by Gasteiger charge is -2.15. The fourth-order valence-corrected chi connectivity index (χ4v) is 3.50. The zero-order chi connectivity index (χ0) is 19.0. The van der Waals surface area contributed by atoms with Gasteiger partial charge in [0.1, 0.15) is 0 Å². The zero-order valence-corrected chi connectivity index (χ0v) is 16.8. The maximum atomic E-state index is 12.7. The third-order valence-electron chi connectivity index (χ3n) is 3.59. The fourth-order valence-electron chi connectivity index (χ4n) is 2.37. The van der Waals surface area contributed by atoms with Crippen LogP contribution in [0.1, 0.15) is 26.3 Å². The van der Waals surface area contributed by atoms with Crippen molar-refractivity contribution in [1.29, 1.82) is 0 Å². The molecule has 1 atom stereocenters. The van der Waals surface area contributed by atoms with Gasteiger partial charge in [-0.2, -0.15) is 0 Å². The Balaban J connectivity index is 1.96. The molecule has 0 aliphatic carbocycles. The smallest absolute Gasteiger partial charge is 0.0849 e. The lowest BCUT2D eigenvalue weighted by Crippen LogP contribution is -2.17. The topological polar surface area (TPSA) is 20.3 Å². The van der Waals surface area contributed by atoms with Gasteiger partial charge in [0.2, 0.25) is 0 Å². The van der Waals surface area contributed by atoms with Crippen LogP contribution in [0.15, 0.2) is 76.5 Å². The van der Waals surface area contributed by atoms with Crippen LogP contribution in [0.4, 0.5) is 0 Å². The minimum absolute atomic E-state index is 0.0328. The molecule has 0 radical (unpaired) electrons. The average Bonchev–Trinajstić information content (AvgIpc) is 2.61. The predicted octanol–water partition coefficient (Wildman–Crippen LogP) is 4.89. The number of likely N-dealkylation sites (N-methyl/N-ethyl adjacent to an activating group) is 1. The molecule has 2 nitrogen and oxygen atoms in total. The number of rotatable bonds is 6. The van der Waals surface area contributed by atoms with Crippen LogP contribution in [0.2, 0.25) is 0 Å². The van der Waals surface area contributed by atoms with Crippen LogP contribution < -0.4 is 0 Å². The van der Waals surface area contributed by atoms with Crippen LogP contribution >= 0.6 is 0 Å². The minimum Gasteiger partial charge on any atom is -0.298 e. The summed E-state index contributed by atoms with van der Waals surface area (Å²) in [6, 6.07) is 17.6. The van der Waals surface area contributed by atoms with Crippen molar-refractivity contribution >= 4 is 10.8 Å². The summed E-state index contributed by atoms with van der Waals surface area (Å²) in [6.45, 7) is 7.94. The summed E-state index contributed by atoms with van der Waals surface area (Å²) in [4.78, 5) is 3.88. The van der Waals surface area contributed by atoms with Gasteiger partial charge in [0.15, 0.2) is 0 Å². The molecule has 2 rings (SSSR count). The highest BCUT2D eigenvalue weighted by atomic mass is 32.2. The molecule has 2 aromatic rings. The molecular formula is C23H27NOS. The molecule has 1 unspecified atom stereocenters. The van der Waals surface area contributed by atoms with E-state index >= 15 is 0 Å². The molecule has 0 fully saturated rings. The molecule has 0 amide bonds. The molecule has 0 aliphatic heterocycles. The van der Waals surface area contributed by atoms with E-state index < -0.39 is 10.8 Å². The largest absolute Gasteiger partial charge is 0.298 e. The van der Waals surface area contributed by atoms with Gasteiger partial charge >= 0.3 is 0 Å². The third-order valence-corrected chi connectivity index (χ3v) is 4.97. The number of hydrogen-bond donors (Lipinski definition) is 0. The molecule has 0 spiro atoms. The first-order chi connectivity index (χ1) is 12.3. The normalized spacial score (nSPS) is 12.8. The van der Waals surface area contributed by atoms with E-state index in [9.17, 15) is 4.21 Å². The zero-order valence-electron chi connectivity index (χ0n) is 16.0. The Hall–Kier alpha value is -2.15. The van der Waals surface area contributed by atoms with Crippen LogP contribution in [0.3, 0.4) is 0 Å². The monoisotopic (exact) mass is 365 g/mol. The second-order valence-electron chi connectivity index (χ2n) is 7.35. The first-order valence-electron chi connectivity index (χ1n) is 8.77. The SMILES string of the molecule is CN(C/C=C/C#CC(C)(C)C)Cc1cccc(S(=O)c2ccccc2)c1. The number of allylic oxidation sites excluding steroid dienone is 1. The van der Waals surface area contributed by atoms with Gasteiger partial charge in [0, 0.05) is 28.3 Å². The molecule has 0 aromatic heterocycles. The second kappa shape index (κ2) is 9.52. The molecule has 0 aliphatic rings. The Labute approximate surface area is 160 Å². The molecule has 3 heteroatoms. The van der Waals surface area contributed by atoms with E-state index in [0.29, 0.717) is 0 Å². The van der Waals surface area contributed by atoms with Crippen molar-refractivity contribution in [2.75, 3.05) is 13.6 Å². The second-order valence-corrected chi connectivity index (χ2v) is 8.83. The van der Waals surface area contributed by atoms with E-state index in [4.69, 9.17) is 0 Å². The Kier molecular flexibility index (Phi) is 7.38. The highest BCUT2D eigenvalue weighted by Crippen LogP contribution is 2.18. The van der Waals surface area contributed by atoms with Crippen LogP contribution in [0.5, 0.6) is 0 Å². The number of nitrogens with zero attached hydrogens (tertiary/aromatic N) is 1. The summed E-state index contributed by atoms with van der Waals surface area (Å²) < 4.78 is 12.7. The number of hydrogen-bond acceptors (Lipinski definition) is 2. The lowest BCUT2D eigenvalue weighted by molar-refractivity contribution is 0.363. The minimum atomic E-state index is -1.14. The molecular weight excluding hydrogens is 338 g/mol. The van der Waals surface area contributed by atoms with E-state index in [1.54, 1.807) is 0 Å². The van der Waals surface area contributed by atoms with Gasteiger partial charge in [-0.1, -0.05) is 48.2 Å². The van der Waals surface area contributed by atoms with E-state index in [1.165, 1.54) is 0 Å². The van der Waals surface area contributed by atoms with Gasteiger partial charge in [0.05, 0.1) is 10.8 Å². The Bertz CT molecular complexity index is 823. The molecule has 2 aromatic carbocycles. The summed E-state index contributed by atoms with van der Waals surface area (Å²) in [5, 5.41) is 0. The van der Waals surface area contributed by atoms with Crippen LogP contribution in [0.25, 0.3) is 0 Å². The van der Waals surface area contributed by atoms with Gasteiger partial charge in [-0.3, -0.25) is 4.90 Å². The Morgan fingerprint density at radius 2 is 1.73 bits per heavy atom. The van der Waals surface area contributed by atoms with Gasteiger partial charge < -0.3 is 0 Å². The van der Waals surface area contributed by atoms with Crippen molar-refractivity contribution in [1.82, 2.24) is 4.90 Å². The Morgan fingerprint density at radius 1 is 1.04 bits per heavy atom. The average molecular weight is 366 g/mol. The molecule has 0 saturated heterocycles. The first-order valence-corrected chi connectivity index (χ1v) is 9.92. The highest BCUT2D eigenvalue weighted by molar-refractivity contribution is 7.85. The van der Waals surface area contributed by atoms with Gasteiger partial charge in [-0.15, -0.1) is 0 Å². The standard InChI is InChI=1S/C23H27NOS/c1-23(2,3)16-9-6-10-17-24(4)19-20-12-11-15-22(18-20)26(25)21-13-7-5-8-14-21/h5-8,10-15,18H,17,19H2,1-4H3/b10-6+. The quantitative estimate of drug-likeness (QED) is 0.679. The van der Waals surface area contributed by atoms with E-state index in [2.05, 4.69) is 56.7 Å². The lowest BCUT2D eigenvalue weighted by atomic mass is 9.98. The van der Waals surface area contributed by atoms with Crippen LogP contribution in [-0.2, 0) is 17.3 Å². The van der Waals surface area contributed by atoms with E-state index in [-0.39, 0.29) is 5.41 Å². The summed E-state index contributed by atoms with van der Waals surface area (Å²) in [5.41, 5.74) is 1.19. The summed E-state index contributed by atoms with van der Waals surface area (Å²) in [5.74, 6) is 6.28.